The number of hydrogen-bond donors (Lipinski definition) is 1. The fourth-order valence-corrected chi connectivity index (χ4v) is 3.42. The first-order valence-corrected chi connectivity index (χ1v) is 9.56. The van der Waals surface area contributed by atoms with Crippen LogP contribution in [0.3, 0.4) is 0 Å². The van der Waals surface area contributed by atoms with E-state index in [1.807, 2.05) is 43.0 Å². The molecule has 0 bridgehead atoms. The molecule has 1 heterocycles. The summed E-state index contributed by atoms with van der Waals surface area (Å²) in [5.41, 5.74) is 1.77. The number of benzene rings is 2. The van der Waals surface area contributed by atoms with Crippen LogP contribution in [0.15, 0.2) is 42.5 Å². The van der Waals surface area contributed by atoms with E-state index in [2.05, 4.69) is 5.32 Å². The highest BCUT2D eigenvalue weighted by Crippen LogP contribution is 2.31. The molecule has 2 aromatic rings. The summed E-state index contributed by atoms with van der Waals surface area (Å²) in [6.45, 7) is 6.01. The van der Waals surface area contributed by atoms with Gasteiger partial charge in [0.1, 0.15) is 11.4 Å². The topological polar surface area (TPSA) is 84.7 Å². The predicted octanol–water partition coefficient (Wildman–Crippen LogP) is 4.08. The van der Waals surface area contributed by atoms with Crippen LogP contribution in [0.2, 0.25) is 0 Å². The maximum atomic E-state index is 12.6. The van der Waals surface area contributed by atoms with Gasteiger partial charge in [0.2, 0.25) is 0 Å². The maximum Gasteiger partial charge on any atom is 0.293 e. The molecule has 0 spiro atoms. The van der Waals surface area contributed by atoms with Crippen molar-refractivity contribution in [2.75, 3.05) is 24.6 Å². The van der Waals surface area contributed by atoms with Crippen molar-refractivity contribution in [2.24, 2.45) is 0 Å². The van der Waals surface area contributed by atoms with Gasteiger partial charge >= 0.3 is 0 Å². The first kappa shape index (κ1) is 19.7. The number of amides is 1. The van der Waals surface area contributed by atoms with Gasteiger partial charge in [0.25, 0.3) is 11.6 Å². The van der Waals surface area contributed by atoms with Crippen LogP contribution in [-0.4, -0.2) is 30.5 Å². The lowest BCUT2D eigenvalue weighted by Gasteiger charge is -2.18. The third kappa shape index (κ3) is 4.42. The van der Waals surface area contributed by atoms with E-state index < -0.39 is 4.92 Å². The zero-order valence-corrected chi connectivity index (χ0v) is 16.2. The number of ether oxygens (including phenoxy) is 1. The van der Waals surface area contributed by atoms with Gasteiger partial charge in [-0.25, -0.2) is 0 Å². The lowest BCUT2D eigenvalue weighted by Crippen LogP contribution is -2.27. The molecule has 0 saturated carbocycles. The minimum absolute atomic E-state index is 0.0247. The Bertz CT molecular complexity index is 845. The van der Waals surface area contributed by atoms with E-state index >= 15 is 0 Å². The van der Waals surface area contributed by atoms with Crippen molar-refractivity contribution in [2.45, 2.75) is 32.7 Å². The molecule has 0 aliphatic carbocycles. The number of nitro benzene ring substituents is 1. The molecule has 1 atom stereocenters. The van der Waals surface area contributed by atoms with Crippen LogP contribution in [0.25, 0.3) is 0 Å². The molecule has 28 heavy (non-hydrogen) atoms. The summed E-state index contributed by atoms with van der Waals surface area (Å²) in [6, 6.07) is 12.0. The molecule has 1 amide bonds. The summed E-state index contributed by atoms with van der Waals surface area (Å²) in [5, 5.41) is 14.4. The van der Waals surface area contributed by atoms with E-state index in [-0.39, 0.29) is 23.2 Å². The number of hydrogen-bond acceptors (Lipinski definition) is 5. The van der Waals surface area contributed by atoms with Crippen molar-refractivity contribution < 1.29 is 14.5 Å². The number of nitro groups is 1. The van der Waals surface area contributed by atoms with Crippen molar-refractivity contribution in [3.05, 3.63) is 63.7 Å². The van der Waals surface area contributed by atoms with Gasteiger partial charge in [-0.15, -0.1) is 0 Å². The Hall–Kier alpha value is -3.09. The van der Waals surface area contributed by atoms with Crippen molar-refractivity contribution in [1.82, 2.24) is 5.32 Å². The van der Waals surface area contributed by atoms with Gasteiger partial charge in [-0.1, -0.05) is 12.1 Å². The van der Waals surface area contributed by atoms with Crippen molar-refractivity contribution in [1.29, 1.82) is 0 Å². The Balaban J connectivity index is 1.74. The fraction of sp³-hybridized carbons (Fsp3) is 0.381. The normalized spacial score (nSPS) is 14.6. The second-order valence-corrected chi connectivity index (χ2v) is 6.85. The third-order valence-electron chi connectivity index (χ3n) is 4.92. The average molecular weight is 383 g/mol. The zero-order valence-electron chi connectivity index (χ0n) is 16.2. The SMILES string of the molecule is CCOc1ccc(C(C)NC(=O)c2ccc(N3CCCC3)c([N+](=O)[O-])c2)cc1. The number of carbonyl (C=O) groups is 1. The van der Waals surface area contributed by atoms with E-state index in [0.717, 1.165) is 37.2 Å². The molecule has 1 aliphatic rings. The Kier molecular flexibility index (Phi) is 6.13. The van der Waals surface area contributed by atoms with Crippen LogP contribution in [0.1, 0.15) is 48.7 Å². The molecule has 7 heteroatoms. The standard InChI is InChI=1S/C21H25N3O4/c1-3-28-18-9-6-16(7-10-18)15(2)22-21(25)17-8-11-19(20(14-17)24(26)27)23-12-4-5-13-23/h6-11,14-15H,3-5,12-13H2,1-2H3,(H,22,25). The molecule has 0 radical (unpaired) electrons. The number of rotatable bonds is 7. The highest BCUT2D eigenvalue weighted by atomic mass is 16.6. The van der Waals surface area contributed by atoms with Crippen molar-refractivity contribution in [3.63, 3.8) is 0 Å². The fourth-order valence-electron chi connectivity index (χ4n) is 3.42. The van der Waals surface area contributed by atoms with Gasteiger partial charge in [0, 0.05) is 24.7 Å². The number of nitrogens with one attached hydrogen (secondary N) is 1. The van der Waals surface area contributed by atoms with Crippen LogP contribution in [0.4, 0.5) is 11.4 Å². The maximum absolute atomic E-state index is 12.6. The molecular formula is C21H25N3O4. The molecule has 7 nitrogen and oxygen atoms in total. The molecule has 1 unspecified atom stereocenters. The van der Waals surface area contributed by atoms with Crippen LogP contribution >= 0.6 is 0 Å². The molecule has 0 aromatic heterocycles. The summed E-state index contributed by atoms with van der Waals surface area (Å²) >= 11 is 0. The highest BCUT2D eigenvalue weighted by molar-refractivity contribution is 5.96. The third-order valence-corrected chi connectivity index (χ3v) is 4.92. The number of anilines is 1. The van der Waals surface area contributed by atoms with E-state index in [1.54, 1.807) is 12.1 Å². The summed E-state index contributed by atoms with van der Waals surface area (Å²) in [5.74, 6) is 0.440. The van der Waals surface area contributed by atoms with E-state index in [1.165, 1.54) is 6.07 Å². The van der Waals surface area contributed by atoms with Gasteiger partial charge in [0.05, 0.1) is 17.6 Å². The summed E-state index contributed by atoms with van der Waals surface area (Å²) < 4.78 is 5.42. The predicted molar refractivity (Wildman–Crippen MR) is 108 cm³/mol. The number of nitrogens with zero attached hydrogens (tertiary/aromatic N) is 2. The van der Waals surface area contributed by atoms with Gasteiger partial charge in [0.15, 0.2) is 0 Å². The molecule has 1 saturated heterocycles. The Morgan fingerprint density at radius 1 is 1.21 bits per heavy atom. The molecule has 148 valence electrons. The molecule has 2 aromatic carbocycles. The van der Waals surface area contributed by atoms with Crippen LogP contribution in [0.5, 0.6) is 5.75 Å². The van der Waals surface area contributed by atoms with Crippen LogP contribution in [0, 0.1) is 10.1 Å². The first-order chi connectivity index (χ1) is 13.5. The molecule has 1 fully saturated rings. The summed E-state index contributed by atoms with van der Waals surface area (Å²) in [7, 11) is 0. The Morgan fingerprint density at radius 3 is 2.50 bits per heavy atom. The van der Waals surface area contributed by atoms with Gasteiger partial charge in [-0.05, 0) is 56.5 Å². The molecule has 3 rings (SSSR count). The minimum atomic E-state index is -0.416. The number of carbonyl (C=O) groups excluding carboxylic acids is 1. The summed E-state index contributed by atoms with van der Waals surface area (Å²) in [6.07, 6.45) is 2.05. The minimum Gasteiger partial charge on any atom is -0.494 e. The van der Waals surface area contributed by atoms with Gasteiger partial charge in [-0.2, -0.15) is 0 Å². The smallest absolute Gasteiger partial charge is 0.293 e. The molecular weight excluding hydrogens is 358 g/mol. The largest absolute Gasteiger partial charge is 0.494 e. The Morgan fingerprint density at radius 2 is 1.89 bits per heavy atom. The van der Waals surface area contributed by atoms with E-state index in [9.17, 15) is 14.9 Å². The van der Waals surface area contributed by atoms with Gasteiger partial charge in [-0.3, -0.25) is 14.9 Å². The highest BCUT2D eigenvalue weighted by Gasteiger charge is 2.24. The van der Waals surface area contributed by atoms with E-state index in [4.69, 9.17) is 4.74 Å². The zero-order chi connectivity index (χ0) is 20.1. The lowest BCUT2D eigenvalue weighted by molar-refractivity contribution is -0.384. The Labute approximate surface area is 164 Å². The second kappa shape index (κ2) is 8.73. The second-order valence-electron chi connectivity index (χ2n) is 6.85. The monoisotopic (exact) mass is 383 g/mol. The quantitative estimate of drug-likeness (QED) is 0.575. The lowest BCUT2D eigenvalue weighted by atomic mass is 10.1. The van der Waals surface area contributed by atoms with Gasteiger partial charge < -0.3 is 15.0 Å². The van der Waals surface area contributed by atoms with Crippen LogP contribution in [-0.2, 0) is 0 Å². The summed E-state index contributed by atoms with van der Waals surface area (Å²) in [4.78, 5) is 25.7. The first-order valence-electron chi connectivity index (χ1n) is 9.56. The van der Waals surface area contributed by atoms with E-state index in [0.29, 0.717) is 12.3 Å². The molecule has 1 N–H and O–H groups in total. The average Bonchev–Trinajstić information content (AvgIpc) is 3.23. The van der Waals surface area contributed by atoms with Crippen LogP contribution < -0.4 is 15.0 Å². The van der Waals surface area contributed by atoms with Crippen molar-refractivity contribution in [3.8, 4) is 5.75 Å². The van der Waals surface area contributed by atoms with Crippen molar-refractivity contribution >= 4 is 17.3 Å². The molecule has 1 aliphatic heterocycles.